The van der Waals surface area contributed by atoms with Crippen molar-refractivity contribution in [1.82, 2.24) is 14.9 Å². The number of aliphatic hydroxyl groups is 1. The molecule has 1 fully saturated rings. The Labute approximate surface area is 144 Å². The highest BCUT2D eigenvalue weighted by atomic mass is 32.2. The van der Waals surface area contributed by atoms with Crippen LogP contribution in [0.25, 0.3) is 10.9 Å². The van der Waals surface area contributed by atoms with E-state index in [1.165, 1.54) is 11.8 Å². The molecule has 2 N–H and O–H groups in total. The predicted octanol–water partition coefficient (Wildman–Crippen LogP) is 1.54. The number of para-hydroxylation sites is 1. The first-order chi connectivity index (χ1) is 11.6. The van der Waals surface area contributed by atoms with Crippen LogP contribution in [0.4, 0.5) is 0 Å². The summed E-state index contributed by atoms with van der Waals surface area (Å²) in [5.74, 6) is -0.0291. The number of nitrogens with one attached hydrogen (secondary N) is 1. The van der Waals surface area contributed by atoms with E-state index in [-0.39, 0.29) is 23.3 Å². The molecular formula is C17H21N3O3S. The summed E-state index contributed by atoms with van der Waals surface area (Å²) < 4.78 is 1.56. The molecule has 1 aromatic carbocycles. The zero-order valence-electron chi connectivity index (χ0n) is 13.6. The van der Waals surface area contributed by atoms with E-state index >= 15 is 0 Å². The van der Waals surface area contributed by atoms with Crippen LogP contribution in [0.15, 0.2) is 34.2 Å². The van der Waals surface area contributed by atoms with Crippen LogP contribution < -0.4 is 10.9 Å². The Kier molecular flexibility index (Phi) is 5.20. The number of hydrogen-bond donors (Lipinski definition) is 2. The molecule has 1 aromatic heterocycles. The monoisotopic (exact) mass is 347 g/mol. The van der Waals surface area contributed by atoms with Gasteiger partial charge in [-0.05, 0) is 38.3 Å². The Balaban J connectivity index is 1.91. The van der Waals surface area contributed by atoms with Crippen LogP contribution in [0.1, 0.15) is 26.2 Å². The fourth-order valence-electron chi connectivity index (χ4n) is 2.42. The smallest absolute Gasteiger partial charge is 0.262 e. The first kappa shape index (κ1) is 17.0. The average molecular weight is 347 g/mol. The van der Waals surface area contributed by atoms with E-state index in [2.05, 4.69) is 10.3 Å². The molecule has 6 nitrogen and oxygen atoms in total. The number of carbonyl (C=O) groups excluding carboxylic acids is 1. The number of thioether (sulfide) groups is 1. The minimum absolute atomic E-state index is 0.00108. The van der Waals surface area contributed by atoms with Crippen LogP contribution in [0.2, 0.25) is 0 Å². The number of carbonyl (C=O) groups is 1. The molecule has 0 bridgehead atoms. The van der Waals surface area contributed by atoms with Crippen LogP contribution in [0.3, 0.4) is 0 Å². The molecule has 3 rings (SSSR count). The number of fused-ring (bicyclic) bond motifs is 1. The number of hydrogen-bond acceptors (Lipinski definition) is 5. The van der Waals surface area contributed by atoms with Crippen molar-refractivity contribution in [2.45, 2.75) is 49.2 Å². The van der Waals surface area contributed by atoms with E-state index in [1.54, 1.807) is 22.8 Å². The van der Waals surface area contributed by atoms with Crippen LogP contribution in [0, 0.1) is 0 Å². The highest BCUT2D eigenvalue weighted by Crippen LogP contribution is 2.25. The van der Waals surface area contributed by atoms with E-state index in [0.717, 1.165) is 12.8 Å². The molecule has 1 atom stereocenters. The number of nitrogens with zero attached hydrogens (tertiary/aromatic N) is 2. The molecule has 0 saturated heterocycles. The molecule has 1 aliphatic carbocycles. The highest BCUT2D eigenvalue weighted by Gasteiger charge is 2.27. The summed E-state index contributed by atoms with van der Waals surface area (Å²) in [6.07, 6.45) is 2.55. The molecule has 1 saturated carbocycles. The number of aromatic nitrogens is 2. The second kappa shape index (κ2) is 7.36. The van der Waals surface area contributed by atoms with Gasteiger partial charge in [-0.25, -0.2) is 4.98 Å². The Morgan fingerprint density at radius 1 is 1.46 bits per heavy atom. The lowest BCUT2D eigenvalue weighted by Gasteiger charge is -2.16. The number of amides is 1. The first-order valence-corrected chi connectivity index (χ1v) is 9.05. The molecule has 0 spiro atoms. The topological polar surface area (TPSA) is 84.2 Å². The number of aliphatic hydroxyl groups excluding tert-OH is 1. The fraction of sp³-hybridized carbons (Fsp3) is 0.471. The van der Waals surface area contributed by atoms with Gasteiger partial charge in [-0.1, -0.05) is 23.9 Å². The summed E-state index contributed by atoms with van der Waals surface area (Å²) in [4.78, 5) is 29.5. The summed E-state index contributed by atoms with van der Waals surface area (Å²) in [6, 6.07) is 7.50. The lowest BCUT2D eigenvalue weighted by atomic mass is 10.2. The van der Waals surface area contributed by atoms with Gasteiger partial charge in [-0.3, -0.25) is 14.2 Å². The number of rotatable bonds is 7. The van der Waals surface area contributed by atoms with Crippen molar-refractivity contribution < 1.29 is 9.90 Å². The van der Waals surface area contributed by atoms with Crippen molar-refractivity contribution in [3.05, 3.63) is 34.6 Å². The quantitative estimate of drug-likeness (QED) is 0.586. The van der Waals surface area contributed by atoms with Crippen molar-refractivity contribution in [2.24, 2.45) is 0 Å². The summed E-state index contributed by atoms with van der Waals surface area (Å²) in [5, 5.41) is 12.8. The molecule has 1 amide bonds. The highest BCUT2D eigenvalue weighted by molar-refractivity contribution is 8.00. The van der Waals surface area contributed by atoms with Crippen LogP contribution in [0.5, 0.6) is 0 Å². The van der Waals surface area contributed by atoms with Gasteiger partial charge in [0, 0.05) is 19.2 Å². The third-order valence-electron chi connectivity index (χ3n) is 3.94. The SMILES string of the molecule is C[C@@H](Sc1nc2ccccc2c(=O)n1CCCO)C(=O)NC1CC1. The average Bonchev–Trinajstić information content (AvgIpc) is 3.38. The Morgan fingerprint density at radius 2 is 2.21 bits per heavy atom. The molecule has 0 unspecified atom stereocenters. The Bertz CT molecular complexity index is 801. The molecule has 128 valence electrons. The lowest BCUT2D eigenvalue weighted by molar-refractivity contribution is -0.120. The second-order valence-electron chi connectivity index (χ2n) is 5.99. The standard InChI is InChI=1S/C17H21N3O3S/c1-11(15(22)18-12-7-8-12)24-17-19-14-6-3-2-5-13(14)16(23)20(17)9-4-10-21/h2-3,5-6,11-12,21H,4,7-10H2,1H3,(H,18,22)/t11-/m1/s1. The molecule has 1 heterocycles. The normalized spacial score (nSPS) is 15.4. The number of benzene rings is 1. The maximum Gasteiger partial charge on any atom is 0.262 e. The van der Waals surface area contributed by atoms with E-state index in [0.29, 0.717) is 35.1 Å². The summed E-state index contributed by atoms with van der Waals surface area (Å²) >= 11 is 1.29. The van der Waals surface area contributed by atoms with Crippen LogP contribution in [-0.4, -0.2) is 38.5 Å². The minimum Gasteiger partial charge on any atom is -0.396 e. The van der Waals surface area contributed by atoms with E-state index in [9.17, 15) is 9.59 Å². The summed E-state index contributed by atoms with van der Waals surface area (Å²) in [6.45, 7) is 2.20. The van der Waals surface area contributed by atoms with E-state index in [1.807, 2.05) is 13.0 Å². The minimum atomic E-state index is -0.334. The molecule has 0 aliphatic heterocycles. The van der Waals surface area contributed by atoms with Crippen LogP contribution >= 0.6 is 11.8 Å². The summed E-state index contributed by atoms with van der Waals surface area (Å²) in [7, 11) is 0. The maximum absolute atomic E-state index is 12.7. The van der Waals surface area contributed by atoms with E-state index in [4.69, 9.17) is 5.11 Å². The first-order valence-electron chi connectivity index (χ1n) is 8.17. The van der Waals surface area contributed by atoms with Crippen molar-refractivity contribution in [2.75, 3.05) is 6.61 Å². The van der Waals surface area contributed by atoms with Gasteiger partial charge in [-0.15, -0.1) is 0 Å². The van der Waals surface area contributed by atoms with Gasteiger partial charge in [0.25, 0.3) is 5.56 Å². The molecule has 2 aromatic rings. The Hall–Kier alpha value is -1.86. The molecule has 0 radical (unpaired) electrons. The van der Waals surface area contributed by atoms with Crippen molar-refractivity contribution in [3.8, 4) is 0 Å². The van der Waals surface area contributed by atoms with Gasteiger partial charge < -0.3 is 10.4 Å². The maximum atomic E-state index is 12.7. The third kappa shape index (κ3) is 3.79. The van der Waals surface area contributed by atoms with Gasteiger partial charge in [0.1, 0.15) is 0 Å². The fourth-order valence-corrected chi connectivity index (χ4v) is 3.37. The van der Waals surface area contributed by atoms with Gasteiger partial charge >= 0.3 is 0 Å². The van der Waals surface area contributed by atoms with Gasteiger partial charge in [-0.2, -0.15) is 0 Å². The lowest BCUT2D eigenvalue weighted by Crippen LogP contribution is -2.33. The van der Waals surface area contributed by atoms with Crippen molar-refractivity contribution in [3.63, 3.8) is 0 Å². The largest absolute Gasteiger partial charge is 0.396 e. The zero-order valence-corrected chi connectivity index (χ0v) is 14.4. The van der Waals surface area contributed by atoms with Crippen molar-refractivity contribution in [1.29, 1.82) is 0 Å². The molecule has 24 heavy (non-hydrogen) atoms. The second-order valence-corrected chi connectivity index (χ2v) is 7.30. The molecular weight excluding hydrogens is 326 g/mol. The third-order valence-corrected chi connectivity index (χ3v) is 5.03. The Morgan fingerprint density at radius 3 is 2.92 bits per heavy atom. The zero-order chi connectivity index (χ0) is 17.1. The van der Waals surface area contributed by atoms with Gasteiger partial charge in [0.05, 0.1) is 16.2 Å². The molecule has 1 aliphatic rings. The predicted molar refractivity (Wildman–Crippen MR) is 94.2 cm³/mol. The van der Waals surface area contributed by atoms with Gasteiger partial charge in [0.15, 0.2) is 5.16 Å². The molecule has 7 heteroatoms. The van der Waals surface area contributed by atoms with Crippen LogP contribution in [-0.2, 0) is 11.3 Å². The van der Waals surface area contributed by atoms with Crippen molar-refractivity contribution >= 4 is 28.6 Å². The van der Waals surface area contributed by atoms with Gasteiger partial charge in [0.2, 0.25) is 5.91 Å². The van der Waals surface area contributed by atoms with E-state index < -0.39 is 0 Å². The summed E-state index contributed by atoms with van der Waals surface area (Å²) in [5.41, 5.74) is 0.492.